The van der Waals surface area contributed by atoms with Gasteiger partial charge in [-0.3, -0.25) is 0 Å². The molecule has 0 radical (unpaired) electrons. The lowest BCUT2D eigenvalue weighted by Gasteiger charge is -2.01. The molecule has 0 fully saturated rings. The number of ether oxygens (including phenoxy) is 1. The summed E-state index contributed by atoms with van der Waals surface area (Å²) in [5, 5.41) is 7.67. The van der Waals surface area contributed by atoms with Crippen molar-refractivity contribution in [2.45, 2.75) is 19.2 Å². The van der Waals surface area contributed by atoms with Crippen molar-refractivity contribution >= 4 is 11.6 Å². The molecule has 0 atom stereocenters. The average Bonchev–Trinajstić information content (AvgIpc) is 2.15. The van der Waals surface area contributed by atoms with Gasteiger partial charge in [0.25, 0.3) is 0 Å². The van der Waals surface area contributed by atoms with Gasteiger partial charge in [-0.2, -0.15) is 5.10 Å². The zero-order valence-electron chi connectivity index (χ0n) is 6.96. The van der Waals surface area contributed by atoms with Crippen LogP contribution in [0.15, 0.2) is 12.1 Å². The van der Waals surface area contributed by atoms with E-state index < -0.39 is 0 Å². The molecule has 1 rings (SSSR count). The Morgan fingerprint density at radius 2 is 2.25 bits per heavy atom. The van der Waals surface area contributed by atoms with Gasteiger partial charge in [0.05, 0.1) is 18.2 Å². The maximum Gasteiger partial charge on any atom is 0.233 e. The van der Waals surface area contributed by atoms with Gasteiger partial charge in [-0.1, -0.05) is 6.92 Å². The van der Waals surface area contributed by atoms with E-state index in [4.69, 9.17) is 16.3 Å². The van der Waals surface area contributed by atoms with Crippen LogP contribution in [0.2, 0.25) is 0 Å². The second kappa shape index (κ2) is 4.93. The Hall–Kier alpha value is -0.830. The number of hydrogen-bond donors (Lipinski definition) is 0. The number of rotatable bonds is 4. The Balaban J connectivity index is 2.53. The van der Waals surface area contributed by atoms with Crippen LogP contribution in [-0.2, 0) is 5.88 Å². The first-order chi connectivity index (χ1) is 5.86. The maximum absolute atomic E-state index is 5.54. The predicted molar refractivity (Wildman–Crippen MR) is 47.4 cm³/mol. The van der Waals surface area contributed by atoms with Crippen LogP contribution in [0.1, 0.15) is 19.0 Å². The molecule has 3 nitrogen and oxygen atoms in total. The lowest BCUT2D eigenvalue weighted by atomic mass is 10.4. The van der Waals surface area contributed by atoms with Crippen molar-refractivity contribution in [1.82, 2.24) is 10.2 Å². The summed E-state index contributed by atoms with van der Waals surface area (Å²) in [5.74, 6) is 0.951. The third-order valence-electron chi connectivity index (χ3n) is 1.29. The van der Waals surface area contributed by atoms with Gasteiger partial charge in [0, 0.05) is 6.07 Å². The molecule has 66 valence electrons. The lowest BCUT2D eigenvalue weighted by Crippen LogP contribution is -1.99. The van der Waals surface area contributed by atoms with Gasteiger partial charge in [-0.25, -0.2) is 0 Å². The number of hydrogen-bond acceptors (Lipinski definition) is 3. The molecule has 0 bridgehead atoms. The van der Waals surface area contributed by atoms with E-state index in [-0.39, 0.29) is 0 Å². The zero-order valence-corrected chi connectivity index (χ0v) is 7.71. The predicted octanol–water partition coefficient (Wildman–Crippen LogP) is 2.00. The minimum atomic E-state index is 0.390. The van der Waals surface area contributed by atoms with Crippen LogP contribution in [-0.4, -0.2) is 16.8 Å². The Morgan fingerprint density at radius 1 is 1.42 bits per heavy atom. The molecule has 1 heterocycles. The quantitative estimate of drug-likeness (QED) is 0.675. The van der Waals surface area contributed by atoms with E-state index in [0.29, 0.717) is 18.4 Å². The zero-order chi connectivity index (χ0) is 8.81. The first kappa shape index (κ1) is 9.26. The molecule has 12 heavy (non-hydrogen) atoms. The molecule has 0 aliphatic heterocycles. The molecule has 0 aliphatic carbocycles. The highest BCUT2D eigenvalue weighted by Crippen LogP contribution is 2.06. The molecule has 0 aliphatic rings. The maximum atomic E-state index is 5.54. The Kier molecular flexibility index (Phi) is 3.80. The van der Waals surface area contributed by atoms with E-state index in [1.165, 1.54) is 0 Å². The molecule has 1 aromatic heterocycles. The van der Waals surface area contributed by atoms with Gasteiger partial charge < -0.3 is 4.74 Å². The van der Waals surface area contributed by atoms with Crippen molar-refractivity contribution in [2.75, 3.05) is 6.61 Å². The van der Waals surface area contributed by atoms with Crippen molar-refractivity contribution in [1.29, 1.82) is 0 Å². The first-order valence-electron chi connectivity index (χ1n) is 3.88. The van der Waals surface area contributed by atoms with Gasteiger partial charge >= 0.3 is 0 Å². The fraction of sp³-hybridized carbons (Fsp3) is 0.500. The molecule has 0 unspecified atom stereocenters. The second-order valence-corrected chi connectivity index (χ2v) is 2.61. The molecule has 1 aromatic rings. The topological polar surface area (TPSA) is 35.0 Å². The summed E-state index contributed by atoms with van der Waals surface area (Å²) in [4.78, 5) is 0. The van der Waals surface area contributed by atoms with Crippen LogP contribution in [0.5, 0.6) is 5.88 Å². The standard InChI is InChI=1S/C8H11ClN2O/c1-2-5-12-8-4-3-7(6-9)10-11-8/h3-4H,2,5-6H2,1H3. The van der Waals surface area contributed by atoms with Gasteiger partial charge in [-0.15, -0.1) is 16.7 Å². The fourth-order valence-corrected chi connectivity index (χ4v) is 0.845. The monoisotopic (exact) mass is 186 g/mol. The smallest absolute Gasteiger partial charge is 0.233 e. The largest absolute Gasteiger partial charge is 0.477 e. The summed E-state index contributed by atoms with van der Waals surface area (Å²) >= 11 is 5.54. The highest BCUT2D eigenvalue weighted by Gasteiger charge is 1.95. The average molecular weight is 187 g/mol. The van der Waals surface area contributed by atoms with Crippen LogP contribution in [0, 0.1) is 0 Å². The first-order valence-corrected chi connectivity index (χ1v) is 4.41. The Bertz CT molecular complexity index is 225. The number of aromatic nitrogens is 2. The molecule has 0 N–H and O–H groups in total. The molecular formula is C8H11ClN2O. The van der Waals surface area contributed by atoms with Gasteiger partial charge in [0.15, 0.2) is 0 Å². The molecule has 0 saturated heterocycles. The third kappa shape index (κ3) is 2.66. The number of nitrogens with zero attached hydrogens (tertiary/aromatic N) is 2. The van der Waals surface area contributed by atoms with Crippen molar-refractivity contribution in [3.05, 3.63) is 17.8 Å². The number of alkyl halides is 1. The van der Waals surface area contributed by atoms with Gasteiger partial charge in [-0.05, 0) is 12.5 Å². The van der Waals surface area contributed by atoms with E-state index in [0.717, 1.165) is 12.1 Å². The molecule has 0 saturated carbocycles. The Morgan fingerprint density at radius 3 is 2.75 bits per heavy atom. The minimum absolute atomic E-state index is 0.390. The van der Waals surface area contributed by atoms with E-state index >= 15 is 0 Å². The van der Waals surface area contributed by atoms with Crippen LogP contribution < -0.4 is 4.74 Å². The van der Waals surface area contributed by atoms with Crippen LogP contribution in [0.3, 0.4) is 0 Å². The highest BCUT2D eigenvalue weighted by atomic mass is 35.5. The summed E-state index contributed by atoms with van der Waals surface area (Å²) in [6, 6.07) is 3.59. The van der Waals surface area contributed by atoms with Crippen molar-refractivity contribution in [3.63, 3.8) is 0 Å². The minimum Gasteiger partial charge on any atom is -0.477 e. The van der Waals surface area contributed by atoms with E-state index in [9.17, 15) is 0 Å². The summed E-state index contributed by atoms with van der Waals surface area (Å²) in [7, 11) is 0. The van der Waals surface area contributed by atoms with E-state index in [2.05, 4.69) is 10.2 Å². The van der Waals surface area contributed by atoms with E-state index in [1.807, 2.05) is 13.0 Å². The van der Waals surface area contributed by atoms with Crippen LogP contribution in [0.4, 0.5) is 0 Å². The summed E-state index contributed by atoms with van der Waals surface area (Å²) in [5.41, 5.74) is 0.764. The van der Waals surface area contributed by atoms with Crippen molar-refractivity contribution < 1.29 is 4.74 Å². The summed E-state index contributed by atoms with van der Waals surface area (Å²) < 4.78 is 5.24. The fourth-order valence-electron chi connectivity index (χ4n) is 0.703. The van der Waals surface area contributed by atoms with Crippen molar-refractivity contribution in [2.24, 2.45) is 0 Å². The molecule has 0 spiro atoms. The number of halogens is 1. The second-order valence-electron chi connectivity index (χ2n) is 2.35. The van der Waals surface area contributed by atoms with Crippen LogP contribution >= 0.6 is 11.6 Å². The molecule has 4 heteroatoms. The van der Waals surface area contributed by atoms with Crippen LogP contribution in [0.25, 0.3) is 0 Å². The van der Waals surface area contributed by atoms with Gasteiger partial charge in [0.2, 0.25) is 5.88 Å². The summed E-state index contributed by atoms with van der Waals surface area (Å²) in [6.45, 7) is 2.72. The van der Waals surface area contributed by atoms with E-state index in [1.54, 1.807) is 6.07 Å². The SMILES string of the molecule is CCCOc1ccc(CCl)nn1. The van der Waals surface area contributed by atoms with Gasteiger partial charge in [0.1, 0.15) is 0 Å². The highest BCUT2D eigenvalue weighted by molar-refractivity contribution is 6.16. The molecular weight excluding hydrogens is 176 g/mol. The third-order valence-corrected chi connectivity index (χ3v) is 1.56. The normalized spacial score (nSPS) is 9.83. The van der Waals surface area contributed by atoms with Crippen molar-refractivity contribution in [3.8, 4) is 5.88 Å². The summed E-state index contributed by atoms with van der Waals surface area (Å²) in [6.07, 6.45) is 0.971. The molecule has 0 amide bonds. The molecule has 0 aromatic carbocycles. The Labute approximate surface area is 76.7 Å². The lowest BCUT2D eigenvalue weighted by molar-refractivity contribution is 0.301.